The highest BCUT2D eigenvalue weighted by molar-refractivity contribution is 5.99. The maximum absolute atomic E-state index is 12.5. The highest BCUT2D eigenvalue weighted by Crippen LogP contribution is 2.43. The quantitative estimate of drug-likeness (QED) is 0.142. The summed E-state index contributed by atoms with van der Waals surface area (Å²) in [6.07, 6.45) is 4.31. The summed E-state index contributed by atoms with van der Waals surface area (Å²) in [5.74, 6) is -0.0530. The number of carbonyl (C=O) groups is 1. The van der Waals surface area contributed by atoms with E-state index < -0.39 is 11.1 Å². The van der Waals surface area contributed by atoms with Gasteiger partial charge in [-0.2, -0.15) is 0 Å². The predicted octanol–water partition coefficient (Wildman–Crippen LogP) is 8.36. The van der Waals surface area contributed by atoms with Gasteiger partial charge in [0, 0.05) is 18.2 Å². The van der Waals surface area contributed by atoms with Crippen molar-refractivity contribution < 1.29 is 9.90 Å². The van der Waals surface area contributed by atoms with Crippen LogP contribution in [0.3, 0.4) is 0 Å². The maximum atomic E-state index is 12.5. The minimum atomic E-state index is -1.35. The minimum absolute atomic E-state index is 0.119. The Morgan fingerprint density at radius 2 is 1.23 bits per heavy atom. The van der Waals surface area contributed by atoms with E-state index in [-0.39, 0.29) is 11.7 Å². The summed E-state index contributed by atoms with van der Waals surface area (Å²) in [5, 5.41) is 14.5. The Kier molecular flexibility index (Phi) is 7.55. The van der Waals surface area contributed by atoms with Gasteiger partial charge in [0.05, 0.1) is 12.0 Å². The van der Waals surface area contributed by atoms with Gasteiger partial charge in [-0.15, -0.1) is 0 Å². The Hall–Kier alpha value is -4.80. The zero-order valence-electron chi connectivity index (χ0n) is 24.8. The van der Waals surface area contributed by atoms with Gasteiger partial charge in [0.25, 0.3) is 0 Å². The van der Waals surface area contributed by atoms with Crippen molar-refractivity contribution in [2.24, 2.45) is 5.92 Å². The zero-order chi connectivity index (χ0) is 30.0. The van der Waals surface area contributed by atoms with Crippen LogP contribution >= 0.6 is 0 Å². The van der Waals surface area contributed by atoms with Crippen LogP contribution in [0.1, 0.15) is 65.5 Å². The number of aromatic nitrogens is 2. The van der Waals surface area contributed by atoms with Crippen molar-refractivity contribution in [3.63, 3.8) is 0 Å². The van der Waals surface area contributed by atoms with Crippen LogP contribution in [0, 0.1) is 5.92 Å². The summed E-state index contributed by atoms with van der Waals surface area (Å²) in [7, 11) is 0. The van der Waals surface area contributed by atoms with E-state index in [9.17, 15) is 9.90 Å². The number of imidazole rings is 1. The van der Waals surface area contributed by atoms with E-state index in [2.05, 4.69) is 77.4 Å². The third kappa shape index (κ3) is 4.78. The Morgan fingerprint density at radius 1 is 0.721 bits per heavy atom. The number of rotatable bonds is 9. The molecule has 6 rings (SSSR count). The van der Waals surface area contributed by atoms with Gasteiger partial charge < -0.3 is 9.67 Å². The number of aliphatic hydroxyl groups is 1. The Balaban J connectivity index is 1.55. The molecule has 4 nitrogen and oxygen atoms in total. The van der Waals surface area contributed by atoms with Crippen molar-refractivity contribution in [3.05, 3.63) is 173 Å². The summed E-state index contributed by atoms with van der Waals surface area (Å²) >= 11 is 0. The van der Waals surface area contributed by atoms with E-state index in [1.165, 1.54) is 0 Å². The van der Waals surface area contributed by atoms with Crippen LogP contribution in [0.4, 0.5) is 0 Å². The summed E-state index contributed by atoms with van der Waals surface area (Å²) in [4.78, 5) is 17.2. The molecular formula is C39H36N2O2. The molecule has 0 spiro atoms. The minimum Gasteiger partial charge on any atom is -0.378 e. The molecule has 1 atom stereocenters. The SMILES string of the molecule is CCC(=O)c1ccc2cc(C(O)(c3cn(C(c4ccccc4)(c4ccccc4)c4ccccc4)cn3)C(C)C)ccc2c1. The van der Waals surface area contributed by atoms with Gasteiger partial charge in [-0.25, -0.2) is 4.98 Å². The fraction of sp³-hybridized carbons (Fsp3) is 0.179. The zero-order valence-corrected chi connectivity index (χ0v) is 24.8. The first-order chi connectivity index (χ1) is 20.9. The van der Waals surface area contributed by atoms with Crippen molar-refractivity contribution in [1.29, 1.82) is 0 Å². The van der Waals surface area contributed by atoms with Crippen molar-refractivity contribution >= 4 is 16.6 Å². The van der Waals surface area contributed by atoms with Crippen LogP contribution < -0.4 is 0 Å². The second-order valence-electron chi connectivity index (χ2n) is 11.4. The van der Waals surface area contributed by atoms with Crippen molar-refractivity contribution in [3.8, 4) is 0 Å². The fourth-order valence-corrected chi connectivity index (χ4v) is 6.33. The van der Waals surface area contributed by atoms with Gasteiger partial charge in [-0.1, -0.05) is 136 Å². The third-order valence-corrected chi connectivity index (χ3v) is 8.69. The molecule has 5 aromatic carbocycles. The molecule has 1 heterocycles. The number of hydrogen-bond donors (Lipinski definition) is 1. The number of Topliss-reactive ketones (excluding diaryl/α,β-unsaturated/α-hetero) is 1. The Bertz CT molecular complexity index is 1760. The lowest BCUT2D eigenvalue weighted by atomic mass is 9.76. The van der Waals surface area contributed by atoms with Crippen LogP contribution in [0.25, 0.3) is 10.8 Å². The maximum Gasteiger partial charge on any atom is 0.162 e. The van der Waals surface area contributed by atoms with Crippen LogP contribution in [-0.2, 0) is 11.1 Å². The summed E-state index contributed by atoms with van der Waals surface area (Å²) < 4.78 is 2.14. The van der Waals surface area contributed by atoms with Gasteiger partial charge >= 0.3 is 0 Å². The molecule has 1 unspecified atom stereocenters. The molecule has 0 amide bonds. The standard InChI is InChI=1S/C39H36N2O2/c1-4-36(42)31-21-20-30-25-35(23-22-29(30)24-31)39(43,28(2)3)37-26-41(27-40-37)38(32-14-8-5-9-15-32,33-16-10-6-11-17-33)34-18-12-7-13-19-34/h5-28,43H,4H2,1-3H3. The van der Waals surface area contributed by atoms with Gasteiger partial charge in [0.1, 0.15) is 11.1 Å². The predicted molar refractivity (Wildman–Crippen MR) is 173 cm³/mol. The average Bonchev–Trinajstić information content (AvgIpc) is 3.56. The second kappa shape index (κ2) is 11.5. The largest absolute Gasteiger partial charge is 0.378 e. The highest BCUT2D eigenvalue weighted by atomic mass is 16.3. The lowest BCUT2D eigenvalue weighted by molar-refractivity contribution is 0.0279. The fourth-order valence-electron chi connectivity index (χ4n) is 6.33. The third-order valence-electron chi connectivity index (χ3n) is 8.69. The molecule has 214 valence electrons. The number of fused-ring (bicyclic) bond motifs is 1. The van der Waals surface area contributed by atoms with E-state index in [1.807, 2.05) is 87.9 Å². The monoisotopic (exact) mass is 564 g/mol. The van der Waals surface area contributed by atoms with Crippen molar-refractivity contribution in [2.75, 3.05) is 0 Å². The highest BCUT2D eigenvalue weighted by Gasteiger charge is 2.42. The van der Waals surface area contributed by atoms with E-state index in [4.69, 9.17) is 4.98 Å². The lowest BCUT2D eigenvalue weighted by Crippen LogP contribution is -2.37. The van der Waals surface area contributed by atoms with Crippen LogP contribution in [0.2, 0.25) is 0 Å². The first-order valence-corrected chi connectivity index (χ1v) is 14.9. The molecule has 0 aliphatic heterocycles. The van der Waals surface area contributed by atoms with Crippen LogP contribution in [0.5, 0.6) is 0 Å². The molecule has 0 saturated heterocycles. The van der Waals surface area contributed by atoms with Gasteiger partial charge in [-0.3, -0.25) is 4.79 Å². The van der Waals surface area contributed by atoms with Gasteiger partial charge in [0.2, 0.25) is 0 Å². The first kappa shape index (κ1) is 28.3. The molecular weight excluding hydrogens is 528 g/mol. The number of carbonyl (C=O) groups excluding carboxylic acids is 1. The first-order valence-electron chi connectivity index (χ1n) is 14.9. The lowest BCUT2D eigenvalue weighted by Gasteiger charge is -2.37. The van der Waals surface area contributed by atoms with E-state index in [0.29, 0.717) is 17.7 Å². The Labute approximate surface area is 253 Å². The molecule has 6 aromatic rings. The van der Waals surface area contributed by atoms with E-state index in [1.54, 1.807) is 0 Å². The number of ketones is 1. The molecule has 43 heavy (non-hydrogen) atoms. The molecule has 0 radical (unpaired) electrons. The molecule has 1 aromatic heterocycles. The Morgan fingerprint density at radius 3 is 1.74 bits per heavy atom. The molecule has 0 fully saturated rings. The molecule has 0 bridgehead atoms. The number of benzene rings is 5. The molecule has 0 aliphatic rings. The van der Waals surface area contributed by atoms with Crippen LogP contribution in [-0.4, -0.2) is 20.4 Å². The summed E-state index contributed by atoms with van der Waals surface area (Å²) in [6.45, 7) is 5.91. The van der Waals surface area contributed by atoms with Crippen molar-refractivity contribution in [2.45, 2.75) is 38.3 Å². The second-order valence-corrected chi connectivity index (χ2v) is 11.4. The van der Waals surface area contributed by atoms with E-state index >= 15 is 0 Å². The molecule has 1 N–H and O–H groups in total. The summed E-state index contributed by atoms with van der Waals surface area (Å²) in [5.41, 5.74) is 3.24. The van der Waals surface area contributed by atoms with Gasteiger partial charge in [0.15, 0.2) is 5.78 Å². The number of hydrogen-bond acceptors (Lipinski definition) is 3. The van der Waals surface area contributed by atoms with E-state index in [0.717, 1.165) is 33.0 Å². The average molecular weight is 565 g/mol. The molecule has 0 aliphatic carbocycles. The van der Waals surface area contributed by atoms with Crippen molar-refractivity contribution in [1.82, 2.24) is 9.55 Å². The topological polar surface area (TPSA) is 55.1 Å². The summed E-state index contributed by atoms with van der Waals surface area (Å²) in [6, 6.07) is 43.1. The smallest absolute Gasteiger partial charge is 0.162 e. The van der Waals surface area contributed by atoms with Gasteiger partial charge in [-0.05, 0) is 51.1 Å². The molecule has 0 saturated carbocycles. The number of nitrogens with zero attached hydrogens (tertiary/aromatic N) is 2. The normalized spacial score (nSPS) is 13.2. The van der Waals surface area contributed by atoms with Crippen LogP contribution in [0.15, 0.2) is 140 Å². The molecule has 4 heteroatoms.